The average Bonchev–Trinajstić information content (AvgIpc) is 1.77. The second-order valence-electron chi connectivity index (χ2n) is 2.10. The van der Waals surface area contributed by atoms with Crippen LogP contribution >= 0.6 is 0 Å². The van der Waals surface area contributed by atoms with Gasteiger partial charge in [0.1, 0.15) is 0 Å². The van der Waals surface area contributed by atoms with Gasteiger partial charge in [-0.3, -0.25) is 7.05 Å². The molecule has 0 aromatic carbocycles. The zero-order valence-corrected chi connectivity index (χ0v) is 8.42. The molecule has 0 spiro atoms. The molecule has 1 nitrogen and oxygen atoms in total. The molecule has 0 aromatic rings. The van der Waals surface area contributed by atoms with Gasteiger partial charge in [0, 0.05) is 32.7 Å². The zero-order valence-electron chi connectivity index (χ0n) is 5.59. The number of hydrogen-bond acceptors (Lipinski definition) is 1. The molecule has 1 unspecified atom stereocenters. The quantitative estimate of drug-likeness (QED) is 0.418. The number of hydrogen-bond donors (Lipinski definition) is 0. The summed E-state index contributed by atoms with van der Waals surface area (Å²) < 4.78 is 0. The van der Waals surface area contributed by atoms with Crippen molar-refractivity contribution in [1.82, 2.24) is 4.90 Å². The van der Waals surface area contributed by atoms with Gasteiger partial charge in [0.15, 0.2) is 0 Å². The van der Waals surface area contributed by atoms with Crippen molar-refractivity contribution in [3.05, 3.63) is 26.1 Å². The summed E-state index contributed by atoms with van der Waals surface area (Å²) in [4.78, 5) is 1.99. The molecule has 2 heteroatoms. The normalized spacial score (nSPS) is 27.6. The first kappa shape index (κ1) is 9.80. The van der Waals surface area contributed by atoms with Gasteiger partial charge in [-0.1, -0.05) is 6.08 Å². The molecule has 0 saturated heterocycles. The third-order valence-electron chi connectivity index (χ3n) is 1.41. The van der Waals surface area contributed by atoms with E-state index in [2.05, 4.69) is 26.1 Å². The van der Waals surface area contributed by atoms with Crippen LogP contribution in [0.3, 0.4) is 0 Å². The number of nitrogens with zero attached hydrogens (tertiary/aromatic N) is 1. The van der Waals surface area contributed by atoms with E-state index in [0.29, 0.717) is 6.04 Å². The van der Waals surface area contributed by atoms with Gasteiger partial charge in [0.05, 0.1) is 0 Å². The maximum atomic E-state index is 3.86. The van der Waals surface area contributed by atoms with Gasteiger partial charge < -0.3 is 11.8 Å². The Morgan fingerprint density at radius 3 is 2.56 bits per heavy atom. The molecular formula is C7H11NY-2. The summed E-state index contributed by atoms with van der Waals surface area (Å²) in [6, 6.07) is 0.295. The van der Waals surface area contributed by atoms with E-state index in [4.69, 9.17) is 0 Å². The Bertz CT molecular complexity index is 101. The van der Waals surface area contributed by atoms with Crippen LogP contribution in [-0.4, -0.2) is 17.5 Å². The minimum Gasteiger partial charge on any atom is -0.479 e. The first-order chi connectivity index (χ1) is 3.80. The second-order valence-corrected chi connectivity index (χ2v) is 2.10. The maximum Gasteiger partial charge on any atom is 0 e. The Labute approximate surface area is 82.4 Å². The van der Waals surface area contributed by atoms with Crippen molar-refractivity contribution >= 4 is 0 Å². The molecule has 1 radical (unpaired) electrons. The van der Waals surface area contributed by atoms with Gasteiger partial charge in [-0.25, -0.2) is 0 Å². The molecule has 0 aliphatic carbocycles. The zero-order chi connectivity index (χ0) is 5.98. The Kier molecular flexibility index (Phi) is 5.00. The Morgan fingerprint density at radius 1 is 1.56 bits per heavy atom. The van der Waals surface area contributed by atoms with E-state index in [-0.39, 0.29) is 32.7 Å². The van der Waals surface area contributed by atoms with E-state index < -0.39 is 0 Å². The summed E-state index contributed by atoms with van der Waals surface area (Å²) in [5.41, 5.74) is 0. The molecule has 0 bridgehead atoms. The van der Waals surface area contributed by atoms with Gasteiger partial charge in [0.25, 0.3) is 0 Å². The Balaban J connectivity index is 0.000000640. The molecule has 49 valence electrons. The summed E-state index contributed by atoms with van der Waals surface area (Å²) in [6.07, 6.45) is 5.35. The topological polar surface area (TPSA) is 3.24 Å². The predicted molar refractivity (Wildman–Crippen MR) is 35.0 cm³/mol. The second kappa shape index (κ2) is 4.59. The Hall–Kier alpha value is 0.804. The molecule has 9 heavy (non-hydrogen) atoms. The van der Waals surface area contributed by atoms with Crippen LogP contribution in [0.15, 0.2) is 12.2 Å². The van der Waals surface area contributed by atoms with Crippen molar-refractivity contribution < 1.29 is 32.7 Å². The van der Waals surface area contributed by atoms with Gasteiger partial charge in [-0.05, 0) is 13.0 Å². The number of rotatable bonds is 0. The summed E-state index contributed by atoms with van der Waals surface area (Å²) in [5.74, 6) is 0. The molecule has 0 saturated carbocycles. The van der Waals surface area contributed by atoms with Crippen LogP contribution in [0.5, 0.6) is 0 Å². The van der Waals surface area contributed by atoms with Gasteiger partial charge >= 0.3 is 0 Å². The van der Waals surface area contributed by atoms with Crippen LogP contribution in [0.2, 0.25) is 0 Å². The van der Waals surface area contributed by atoms with Crippen LogP contribution in [0, 0.1) is 14.0 Å². The van der Waals surface area contributed by atoms with Crippen molar-refractivity contribution in [2.45, 2.75) is 12.5 Å². The van der Waals surface area contributed by atoms with Gasteiger partial charge in [-0.2, -0.15) is 0 Å². The van der Waals surface area contributed by atoms with Crippen molar-refractivity contribution in [1.29, 1.82) is 0 Å². The molecule has 1 heterocycles. The molecule has 1 atom stereocenters. The fourth-order valence-electron chi connectivity index (χ4n) is 0.781. The minimum atomic E-state index is 0. The molecule has 1 aliphatic heterocycles. The van der Waals surface area contributed by atoms with E-state index in [1.54, 1.807) is 0 Å². The average molecular weight is 198 g/mol. The van der Waals surface area contributed by atoms with E-state index in [9.17, 15) is 0 Å². The SMILES string of the molecule is [CH2-]C1C=CCCN1[CH2-].[Y]. The third kappa shape index (κ3) is 2.93. The largest absolute Gasteiger partial charge is 0.479 e. The van der Waals surface area contributed by atoms with E-state index in [1.807, 2.05) is 4.90 Å². The first-order valence-electron chi connectivity index (χ1n) is 2.87. The van der Waals surface area contributed by atoms with Crippen LogP contribution in [-0.2, 0) is 32.7 Å². The predicted octanol–water partition coefficient (Wildman–Crippen LogP) is 1.24. The van der Waals surface area contributed by atoms with Crippen molar-refractivity contribution in [3.8, 4) is 0 Å². The van der Waals surface area contributed by atoms with E-state index >= 15 is 0 Å². The molecule has 0 fully saturated rings. The van der Waals surface area contributed by atoms with Gasteiger partial charge in [0.2, 0.25) is 0 Å². The molecule has 0 aromatic heterocycles. The van der Waals surface area contributed by atoms with E-state index in [0.717, 1.165) is 13.0 Å². The molecule has 0 amide bonds. The van der Waals surface area contributed by atoms with E-state index in [1.165, 1.54) is 0 Å². The van der Waals surface area contributed by atoms with Crippen LogP contribution in [0.25, 0.3) is 0 Å². The van der Waals surface area contributed by atoms with Gasteiger partial charge in [-0.15, -0.1) is 12.1 Å². The van der Waals surface area contributed by atoms with Crippen molar-refractivity contribution in [2.75, 3.05) is 6.54 Å². The summed E-state index contributed by atoms with van der Waals surface area (Å²) in [5, 5.41) is 0. The molecular weight excluding hydrogens is 187 g/mol. The molecule has 0 N–H and O–H groups in total. The fourth-order valence-corrected chi connectivity index (χ4v) is 0.781. The Morgan fingerprint density at radius 2 is 2.22 bits per heavy atom. The molecule has 1 aliphatic rings. The summed E-state index contributed by atoms with van der Waals surface area (Å²) >= 11 is 0. The summed E-state index contributed by atoms with van der Waals surface area (Å²) in [6.45, 7) is 4.90. The first-order valence-corrected chi connectivity index (χ1v) is 2.87. The standard InChI is InChI=1S/C7H11N.Y/c1-7-5-3-4-6-8(7)2;/h3,5,7H,1-2,4,6H2;/q-2;. The minimum absolute atomic E-state index is 0. The van der Waals surface area contributed by atoms with Crippen LogP contribution in [0.4, 0.5) is 0 Å². The van der Waals surface area contributed by atoms with Crippen LogP contribution < -0.4 is 0 Å². The fraction of sp³-hybridized carbons (Fsp3) is 0.429. The molecule has 1 rings (SSSR count). The maximum absolute atomic E-state index is 3.86. The smallest absolute Gasteiger partial charge is 0 e. The third-order valence-corrected chi connectivity index (χ3v) is 1.41. The van der Waals surface area contributed by atoms with Crippen molar-refractivity contribution in [2.24, 2.45) is 0 Å². The monoisotopic (exact) mass is 198 g/mol. The summed E-state index contributed by atoms with van der Waals surface area (Å²) in [7, 11) is 3.80. The van der Waals surface area contributed by atoms with Crippen LogP contribution in [0.1, 0.15) is 6.42 Å². The van der Waals surface area contributed by atoms with Crippen molar-refractivity contribution in [3.63, 3.8) is 0 Å².